The zero-order valence-corrected chi connectivity index (χ0v) is 22.1. The summed E-state index contributed by atoms with van der Waals surface area (Å²) >= 11 is 6.60. The maximum atomic E-state index is 12.4. The Labute approximate surface area is 221 Å². The Kier molecular flexibility index (Phi) is 7.07. The molecule has 37 heavy (non-hydrogen) atoms. The quantitative estimate of drug-likeness (QED) is 0.308. The summed E-state index contributed by atoms with van der Waals surface area (Å²) in [7, 11) is 0. The zero-order chi connectivity index (χ0) is 26.0. The largest absolute Gasteiger partial charge is 0.473 e. The number of aromatic nitrogens is 3. The summed E-state index contributed by atoms with van der Waals surface area (Å²) in [4.78, 5) is 27.0. The number of carbonyl (C=O) groups is 1. The molecule has 0 spiro atoms. The van der Waals surface area contributed by atoms with Crippen LogP contribution in [0.3, 0.4) is 0 Å². The van der Waals surface area contributed by atoms with Crippen LogP contribution in [0.25, 0.3) is 22.3 Å². The van der Waals surface area contributed by atoms with Crippen LogP contribution in [-0.4, -0.2) is 44.6 Å². The molecule has 4 aromatic rings. The van der Waals surface area contributed by atoms with Gasteiger partial charge in [0.2, 0.25) is 5.88 Å². The number of carbonyl (C=O) groups excluding carboxylic acids is 1. The van der Waals surface area contributed by atoms with Gasteiger partial charge < -0.3 is 19.4 Å². The van der Waals surface area contributed by atoms with Crippen molar-refractivity contribution in [3.8, 4) is 17.1 Å². The number of benzene rings is 1. The van der Waals surface area contributed by atoms with Crippen molar-refractivity contribution in [3.05, 3.63) is 77.1 Å². The third kappa shape index (κ3) is 5.88. The van der Waals surface area contributed by atoms with Crippen molar-refractivity contribution in [2.24, 2.45) is 0 Å². The van der Waals surface area contributed by atoms with Crippen LogP contribution in [0, 0.1) is 0 Å². The standard InChI is InChI=1S/C29H31ClN4O3/c1-29(2,3)37-28(35)34-15-12-20(13-16-34)24-17-22-21(11-14-31-27(22)32-24)26-23(30)9-10-25(33-26)36-18-19-7-5-4-6-8-19/h4-11,14,17,20H,12-13,15-16,18H2,1-3H3,(H,31,32). The van der Waals surface area contributed by atoms with E-state index < -0.39 is 5.60 Å². The maximum Gasteiger partial charge on any atom is 0.410 e. The van der Waals surface area contributed by atoms with E-state index in [0.29, 0.717) is 42.2 Å². The van der Waals surface area contributed by atoms with Gasteiger partial charge in [-0.15, -0.1) is 0 Å². The summed E-state index contributed by atoms with van der Waals surface area (Å²) in [6.07, 6.45) is 3.21. The Hall–Kier alpha value is -3.58. The highest BCUT2D eigenvalue weighted by atomic mass is 35.5. The van der Waals surface area contributed by atoms with Gasteiger partial charge in [-0.3, -0.25) is 0 Å². The number of halogens is 1. The topological polar surface area (TPSA) is 80.3 Å². The van der Waals surface area contributed by atoms with Gasteiger partial charge in [0, 0.05) is 47.9 Å². The van der Waals surface area contributed by atoms with E-state index in [1.807, 2.05) is 63.2 Å². The van der Waals surface area contributed by atoms with Gasteiger partial charge in [-0.25, -0.2) is 14.8 Å². The number of nitrogens with one attached hydrogen (secondary N) is 1. The Morgan fingerprint density at radius 1 is 1.11 bits per heavy atom. The van der Waals surface area contributed by atoms with Crippen molar-refractivity contribution < 1.29 is 14.3 Å². The molecule has 7 nitrogen and oxygen atoms in total. The van der Waals surface area contributed by atoms with Crippen LogP contribution in [0.4, 0.5) is 4.79 Å². The highest BCUT2D eigenvalue weighted by Gasteiger charge is 2.28. The minimum Gasteiger partial charge on any atom is -0.473 e. The van der Waals surface area contributed by atoms with Crippen molar-refractivity contribution in [1.82, 2.24) is 19.9 Å². The molecule has 0 saturated carbocycles. The van der Waals surface area contributed by atoms with Gasteiger partial charge >= 0.3 is 6.09 Å². The zero-order valence-electron chi connectivity index (χ0n) is 21.3. The van der Waals surface area contributed by atoms with Gasteiger partial charge in [-0.2, -0.15) is 0 Å². The first kappa shape index (κ1) is 25.1. The number of aromatic amines is 1. The Morgan fingerprint density at radius 3 is 2.59 bits per heavy atom. The van der Waals surface area contributed by atoms with E-state index in [4.69, 9.17) is 26.1 Å². The van der Waals surface area contributed by atoms with E-state index in [-0.39, 0.29) is 6.09 Å². The van der Waals surface area contributed by atoms with Crippen LogP contribution >= 0.6 is 11.6 Å². The fourth-order valence-corrected chi connectivity index (χ4v) is 4.81. The summed E-state index contributed by atoms with van der Waals surface area (Å²) in [5, 5.41) is 1.51. The van der Waals surface area contributed by atoms with Gasteiger partial charge in [0.15, 0.2) is 0 Å². The molecular weight excluding hydrogens is 488 g/mol. The smallest absolute Gasteiger partial charge is 0.410 e. The monoisotopic (exact) mass is 518 g/mol. The lowest BCUT2D eigenvalue weighted by atomic mass is 9.93. The molecule has 0 aliphatic carbocycles. The average molecular weight is 519 g/mol. The van der Waals surface area contributed by atoms with Gasteiger partial charge in [0.1, 0.15) is 17.9 Å². The Bertz CT molecular complexity index is 1390. The molecule has 4 heterocycles. The number of rotatable bonds is 5. The molecular formula is C29H31ClN4O3. The minimum atomic E-state index is -0.494. The third-order valence-electron chi connectivity index (χ3n) is 6.44. The molecule has 3 aromatic heterocycles. The average Bonchev–Trinajstić information content (AvgIpc) is 3.33. The lowest BCUT2D eigenvalue weighted by Gasteiger charge is -2.33. The molecule has 1 amide bonds. The molecule has 0 bridgehead atoms. The lowest BCUT2D eigenvalue weighted by Crippen LogP contribution is -2.41. The van der Waals surface area contributed by atoms with Crippen molar-refractivity contribution in [1.29, 1.82) is 0 Å². The maximum absolute atomic E-state index is 12.4. The van der Waals surface area contributed by atoms with Crippen molar-refractivity contribution in [2.75, 3.05) is 13.1 Å². The molecule has 5 rings (SSSR count). The second-order valence-corrected chi connectivity index (χ2v) is 10.7. The number of likely N-dealkylation sites (tertiary alicyclic amines) is 1. The summed E-state index contributed by atoms with van der Waals surface area (Å²) in [6.45, 7) is 7.40. The Balaban J connectivity index is 1.34. The molecule has 192 valence electrons. The second kappa shape index (κ2) is 10.4. The first-order valence-electron chi connectivity index (χ1n) is 12.6. The summed E-state index contributed by atoms with van der Waals surface area (Å²) in [5.74, 6) is 0.809. The molecule has 1 aliphatic rings. The van der Waals surface area contributed by atoms with Crippen molar-refractivity contribution in [3.63, 3.8) is 0 Å². The molecule has 0 atom stereocenters. The van der Waals surface area contributed by atoms with Crippen LogP contribution in [0.5, 0.6) is 5.88 Å². The van der Waals surface area contributed by atoms with Crippen molar-refractivity contribution >= 4 is 28.7 Å². The lowest BCUT2D eigenvalue weighted by molar-refractivity contribution is 0.0204. The van der Waals surface area contributed by atoms with E-state index in [1.54, 1.807) is 17.2 Å². The first-order valence-corrected chi connectivity index (χ1v) is 12.9. The normalized spacial score (nSPS) is 14.6. The van der Waals surface area contributed by atoms with Crippen LogP contribution in [-0.2, 0) is 11.3 Å². The van der Waals surface area contributed by atoms with Gasteiger partial charge in [0.25, 0.3) is 0 Å². The molecule has 1 aliphatic heterocycles. The first-order chi connectivity index (χ1) is 17.8. The fraction of sp³-hybridized carbons (Fsp3) is 0.345. The van der Waals surface area contributed by atoms with E-state index >= 15 is 0 Å². The number of fused-ring (bicyclic) bond motifs is 1. The molecule has 0 radical (unpaired) electrons. The summed E-state index contributed by atoms with van der Waals surface area (Å²) in [6, 6.07) is 17.7. The molecule has 0 unspecified atom stereocenters. The van der Waals surface area contributed by atoms with Gasteiger partial charge in [-0.05, 0) is 57.4 Å². The van der Waals surface area contributed by atoms with E-state index in [2.05, 4.69) is 16.0 Å². The third-order valence-corrected chi connectivity index (χ3v) is 6.75. The Morgan fingerprint density at radius 2 is 1.86 bits per heavy atom. The summed E-state index contributed by atoms with van der Waals surface area (Å²) < 4.78 is 11.5. The van der Waals surface area contributed by atoms with Gasteiger partial charge in [-0.1, -0.05) is 41.9 Å². The van der Waals surface area contributed by atoms with Crippen LogP contribution < -0.4 is 4.74 Å². The highest BCUT2D eigenvalue weighted by Crippen LogP contribution is 2.36. The molecule has 1 fully saturated rings. The van der Waals surface area contributed by atoms with E-state index in [9.17, 15) is 4.79 Å². The second-order valence-electron chi connectivity index (χ2n) is 10.3. The number of amides is 1. The predicted octanol–water partition coefficient (Wildman–Crippen LogP) is 6.97. The minimum absolute atomic E-state index is 0.248. The number of hydrogen-bond acceptors (Lipinski definition) is 5. The number of ether oxygens (including phenoxy) is 2. The van der Waals surface area contributed by atoms with Crippen LogP contribution in [0.15, 0.2) is 60.8 Å². The molecule has 1 N–H and O–H groups in total. The highest BCUT2D eigenvalue weighted by molar-refractivity contribution is 6.33. The van der Waals surface area contributed by atoms with Gasteiger partial charge in [0.05, 0.1) is 10.7 Å². The summed E-state index contributed by atoms with van der Waals surface area (Å²) in [5.41, 5.74) is 4.02. The SMILES string of the molecule is CC(C)(C)OC(=O)N1CCC(c2cc3c(-c4nc(OCc5ccccc5)ccc4Cl)ccnc3[nH]2)CC1. The van der Waals surface area contributed by atoms with E-state index in [1.165, 1.54) is 0 Å². The van der Waals surface area contributed by atoms with Crippen LogP contribution in [0.1, 0.15) is 50.8 Å². The molecule has 8 heteroatoms. The molecule has 1 saturated heterocycles. The molecule has 1 aromatic carbocycles. The van der Waals surface area contributed by atoms with E-state index in [0.717, 1.165) is 40.7 Å². The number of H-pyrrole nitrogens is 1. The number of piperidine rings is 1. The van der Waals surface area contributed by atoms with Crippen molar-refractivity contribution in [2.45, 2.75) is 51.7 Å². The number of nitrogens with zero attached hydrogens (tertiary/aromatic N) is 3. The van der Waals surface area contributed by atoms with Crippen LogP contribution in [0.2, 0.25) is 5.02 Å². The number of hydrogen-bond donors (Lipinski definition) is 1. The number of pyridine rings is 2. The fourth-order valence-electron chi connectivity index (χ4n) is 4.60. The predicted molar refractivity (Wildman–Crippen MR) is 145 cm³/mol.